The van der Waals surface area contributed by atoms with Crippen LogP contribution in [-0.2, 0) is 11.2 Å². The molecule has 172 valence electrons. The van der Waals surface area contributed by atoms with Gasteiger partial charge in [0.1, 0.15) is 0 Å². The maximum absolute atomic E-state index is 13.5. The molecule has 0 aliphatic carbocycles. The highest BCUT2D eigenvalue weighted by molar-refractivity contribution is 5.76. The minimum absolute atomic E-state index is 0.00636. The van der Waals surface area contributed by atoms with Crippen molar-refractivity contribution < 1.29 is 4.74 Å². The summed E-state index contributed by atoms with van der Waals surface area (Å²) in [7, 11) is 1.61. The first-order valence-electron chi connectivity index (χ1n) is 11.5. The molecule has 1 atom stereocenters. The molecule has 0 aromatic carbocycles. The molecule has 0 bridgehead atoms. The lowest BCUT2D eigenvalue weighted by Crippen LogP contribution is -2.25. The van der Waals surface area contributed by atoms with E-state index >= 15 is 0 Å². The van der Waals surface area contributed by atoms with Gasteiger partial charge in [-0.15, -0.1) is 0 Å². The third kappa shape index (κ3) is 7.29. The summed E-state index contributed by atoms with van der Waals surface area (Å²) in [4.78, 5) is 26.8. The van der Waals surface area contributed by atoms with Crippen molar-refractivity contribution in [3.8, 4) is 0 Å². The molecule has 2 aromatic heterocycles. The van der Waals surface area contributed by atoms with E-state index in [0.717, 1.165) is 31.2 Å². The number of hydrogen-bond acceptors (Lipinski definition) is 5. The van der Waals surface area contributed by atoms with Crippen LogP contribution in [0.4, 0.5) is 0 Å². The van der Waals surface area contributed by atoms with Crippen molar-refractivity contribution in [1.29, 1.82) is 0 Å². The smallest absolute Gasteiger partial charge is 0.261 e. The standard InChI is InChI=1S/C26H36N4O2/c1-6-10-22(11-7-2)30-19-29-24-12-9-14-27-15-13-21(17-23(24)26(30)31)16-20(4)18-28-25(8-3)32-5/h8-9,12-15,17-20,22H,6-7,10-11,16H2,1-5H3/b12-9?,14-9?,15-13?,21-13?,21-17?,23-17?,24-12?,25-8+,27-14?,27-15?,28-18-. The fraction of sp³-hybridized carbons (Fsp3) is 0.462. The van der Waals surface area contributed by atoms with Gasteiger partial charge in [-0.05, 0) is 68.0 Å². The zero-order chi connectivity index (χ0) is 23.3. The first-order valence-corrected chi connectivity index (χ1v) is 11.5. The van der Waals surface area contributed by atoms with E-state index in [-0.39, 0.29) is 17.5 Å². The summed E-state index contributed by atoms with van der Waals surface area (Å²) >= 11 is 0. The fourth-order valence-corrected chi connectivity index (χ4v) is 3.72. The molecule has 0 saturated heterocycles. The maximum atomic E-state index is 13.5. The Morgan fingerprint density at radius 3 is 2.62 bits per heavy atom. The van der Waals surface area contributed by atoms with Gasteiger partial charge in [-0.3, -0.25) is 14.3 Å². The molecule has 32 heavy (non-hydrogen) atoms. The molecule has 0 aliphatic rings. The Bertz CT molecular complexity index is 1040. The molecule has 0 fully saturated rings. The highest BCUT2D eigenvalue weighted by Gasteiger charge is 2.13. The van der Waals surface area contributed by atoms with Crippen LogP contribution in [0.15, 0.2) is 64.7 Å². The fourth-order valence-electron chi connectivity index (χ4n) is 3.72. The number of hydrogen-bond donors (Lipinski definition) is 0. The molecule has 0 radical (unpaired) electrons. The zero-order valence-corrected chi connectivity index (χ0v) is 20.0. The van der Waals surface area contributed by atoms with Gasteiger partial charge >= 0.3 is 0 Å². The highest BCUT2D eigenvalue weighted by atomic mass is 16.5. The predicted molar refractivity (Wildman–Crippen MR) is 132 cm³/mol. The van der Waals surface area contributed by atoms with Crippen molar-refractivity contribution in [1.82, 2.24) is 14.5 Å². The van der Waals surface area contributed by atoms with Crippen LogP contribution >= 0.6 is 0 Å². The summed E-state index contributed by atoms with van der Waals surface area (Å²) in [6, 6.07) is 7.72. The molecule has 0 saturated carbocycles. The minimum atomic E-state index is 0.00636. The Hall–Kier alpha value is -3.02. The normalized spacial score (nSPS) is 12.9. The zero-order valence-electron chi connectivity index (χ0n) is 20.0. The number of nitrogens with zero attached hydrogens (tertiary/aromatic N) is 4. The Labute approximate surface area is 191 Å². The Balaban J connectivity index is 2.58. The number of aliphatic imine (C=N–C) groups is 1. The van der Waals surface area contributed by atoms with Crippen molar-refractivity contribution in [2.45, 2.75) is 65.8 Å². The second-order valence-corrected chi connectivity index (χ2v) is 7.97. The lowest BCUT2D eigenvalue weighted by Gasteiger charge is -2.18. The van der Waals surface area contributed by atoms with Crippen LogP contribution in [-0.4, -0.2) is 27.9 Å². The molecular formula is C26H36N4O2. The molecule has 2 aromatic rings. The van der Waals surface area contributed by atoms with Crippen LogP contribution in [0.2, 0.25) is 0 Å². The lowest BCUT2D eigenvalue weighted by molar-refractivity contribution is 0.288. The van der Waals surface area contributed by atoms with Gasteiger partial charge in [-0.25, -0.2) is 9.98 Å². The molecule has 0 amide bonds. The number of methoxy groups -OCH3 is 1. The minimum Gasteiger partial charge on any atom is -0.481 e. The van der Waals surface area contributed by atoms with Gasteiger partial charge in [0.15, 0.2) is 0 Å². The van der Waals surface area contributed by atoms with Crippen LogP contribution in [0.25, 0.3) is 10.9 Å². The summed E-state index contributed by atoms with van der Waals surface area (Å²) in [6.07, 6.45) is 13.5. The summed E-state index contributed by atoms with van der Waals surface area (Å²) in [5, 5.41) is 0.617. The van der Waals surface area contributed by atoms with Gasteiger partial charge in [-0.1, -0.05) is 33.6 Å². The van der Waals surface area contributed by atoms with E-state index in [9.17, 15) is 4.79 Å². The number of fused-ring (bicyclic) bond motifs is 1. The van der Waals surface area contributed by atoms with Gasteiger partial charge in [0, 0.05) is 24.7 Å². The van der Waals surface area contributed by atoms with E-state index in [0.29, 0.717) is 23.2 Å². The summed E-state index contributed by atoms with van der Waals surface area (Å²) in [6.45, 7) is 8.28. The SMILES string of the molecule is C/C=C(\N=C/C(C)Cc1ccncccc2ncn(C(CCC)CCC)c(=O)c2c1)OC. The third-order valence-corrected chi connectivity index (χ3v) is 5.30. The number of allylic oxidation sites excluding steroid dienone is 1. The quantitative estimate of drug-likeness (QED) is 0.348. The van der Waals surface area contributed by atoms with Crippen LogP contribution in [0, 0.1) is 5.92 Å². The third-order valence-electron chi connectivity index (χ3n) is 5.30. The van der Waals surface area contributed by atoms with Gasteiger partial charge in [-0.2, -0.15) is 0 Å². The topological polar surface area (TPSA) is 69.4 Å². The second-order valence-electron chi connectivity index (χ2n) is 7.97. The second kappa shape index (κ2) is 13.4. The van der Waals surface area contributed by atoms with Crippen LogP contribution < -0.4 is 5.56 Å². The van der Waals surface area contributed by atoms with Crippen LogP contribution in [0.1, 0.15) is 65.0 Å². The molecule has 0 aliphatic heterocycles. The number of rotatable bonds is 10. The predicted octanol–water partition coefficient (Wildman–Crippen LogP) is 5.81. The first-order chi connectivity index (χ1) is 15.5. The lowest BCUT2D eigenvalue weighted by atomic mass is 10.0. The van der Waals surface area contributed by atoms with E-state index in [1.165, 1.54) is 0 Å². The average molecular weight is 437 g/mol. The maximum Gasteiger partial charge on any atom is 0.261 e. The summed E-state index contributed by atoms with van der Waals surface area (Å²) in [5.74, 6) is 0.728. The van der Waals surface area contributed by atoms with E-state index in [2.05, 4.69) is 35.7 Å². The summed E-state index contributed by atoms with van der Waals surface area (Å²) < 4.78 is 7.02. The molecule has 6 nitrogen and oxygen atoms in total. The Morgan fingerprint density at radius 1 is 1.22 bits per heavy atom. The van der Waals surface area contributed by atoms with E-state index in [1.807, 2.05) is 48.0 Å². The molecule has 6 heteroatoms. The molecule has 0 spiro atoms. The molecule has 2 rings (SSSR count). The van der Waals surface area contributed by atoms with Gasteiger partial charge < -0.3 is 4.74 Å². The number of aromatic nitrogens is 3. The molecular weight excluding hydrogens is 400 g/mol. The van der Waals surface area contributed by atoms with Crippen molar-refractivity contribution in [3.63, 3.8) is 0 Å². The molecule has 1 unspecified atom stereocenters. The Kier molecular flexibility index (Phi) is 10.6. The summed E-state index contributed by atoms with van der Waals surface area (Å²) in [5.41, 5.74) is 1.66. The largest absolute Gasteiger partial charge is 0.481 e. The van der Waals surface area contributed by atoms with E-state index in [4.69, 9.17) is 4.74 Å². The highest BCUT2D eigenvalue weighted by Crippen LogP contribution is 2.19. The first kappa shape index (κ1) is 25.2. The Morgan fingerprint density at radius 2 is 1.97 bits per heavy atom. The van der Waals surface area contributed by atoms with Crippen molar-refractivity contribution >= 4 is 17.1 Å². The van der Waals surface area contributed by atoms with Gasteiger partial charge in [0.25, 0.3) is 5.56 Å². The van der Waals surface area contributed by atoms with Crippen molar-refractivity contribution in [3.05, 3.63) is 70.9 Å². The van der Waals surface area contributed by atoms with Crippen molar-refractivity contribution in [2.75, 3.05) is 7.11 Å². The van der Waals surface area contributed by atoms with Gasteiger partial charge in [0.2, 0.25) is 5.88 Å². The van der Waals surface area contributed by atoms with Gasteiger partial charge in [0.05, 0.1) is 24.3 Å². The van der Waals surface area contributed by atoms with E-state index in [1.54, 1.807) is 25.8 Å². The molecule has 2 heterocycles. The van der Waals surface area contributed by atoms with Crippen LogP contribution in [0.3, 0.4) is 0 Å². The number of ether oxygens (including phenoxy) is 1. The molecule has 0 N–H and O–H groups in total. The van der Waals surface area contributed by atoms with Crippen LogP contribution in [0.5, 0.6) is 0 Å². The average Bonchev–Trinajstić information content (AvgIpc) is 2.78. The van der Waals surface area contributed by atoms with Crippen molar-refractivity contribution in [2.24, 2.45) is 10.9 Å². The van der Waals surface area contributed by atoms with E-state index < -0.39 is 0 Å². The monoisotopic (exact) mass is 436 g/mol.